The monoisotopic (exact) mass is 207 g/mol. The van der Waals surface area contributed by atoms with Crippen LogP contribution in [0.5, 0.6) is 0 Å². The average Bonchev–Trinajstić information content (AvgIpc) is 2.08. The number of thioether (sulfide) groups is 1. The number of nitrogen functional groups attached to an aromatic ring is 1. The molecular weight excluding hydrogens is 190 g/mol. The number of hydrogen-bond acceptors (Lipinski definition) is 2. The van der Waals surface area contributed by atoms with Gasteiger partial charge in [0.2, 0.25) is 0 Å². The molecule has 0 aromatic heterocycles. The van der Waals surface area contributed by atoms with Crippen LogP contribution in [0.4, 0.5) is 5.69 Å². The topological polar surface area (TPSA) is 26.0 Å². The van der Waals surface area contributed by atoms with Crippen molar-refractivity contribution in [1.29, 1.82) is 0 Å². The molecule has 0 saturated carbocycles. The highest BCUT2D eigenvalue weighted by molar-refractivity contribution is 7.99. The van der Waals surface area contributed by atoms with Gasteiger partial charge in [-0.1, -0.05) is 11.6 Å². The minimum atomic E-state index is 0.886. The fraction of sp³-hybridized carbons (Fsp3) is 0.333. The van der Waals surface area contributed by atoms with Gasteiger partial charge in [-0.25, -0.2) is 0 Å². The van der Waals surface area contributed by atoms with E-state index in [4.69, 9.17) is 5.73 Å². The van der Waals surface area contributed by atoms with Gasteiger partial charge in [0.05, 0.1) is 0 Å². The summed E-state index contributed by atoms with van der Waals surface area (Å²) >= 11 is 1.80. The molecular formula is C12H17NS. The lowest BCUT2D eigenvalue weighted by Crippen LogP contribution is -1.90. The Balaban J connectivity index is 2.55. The van der Waals surface area contributed by atoms with Gasteiger partial charge in [0.15, 0.2) is 0 Å². The maximum absolute atomic E-state index is 5.90. The Labute approximate surface area is 90.4 Å². The minimum absolute atomic E-state index is 0.886. The quantitative estimate of drug-likeness (QED) is 0.463. The highest BCUT2D eigenvalue weighted by Gasteiger charge is 1.99. The molecule has 76 valence electrons. The van der Waals surface area contributed by atoms with Crippen molar-refractivity contribution in [2.75, 3.05) is 11.5 Å². The Hall–Kier alpha value is -0.890. The van der Waals surface area contributed by atoms with Crippen molar-refractivity contribution in [3.05, 3.63) is 35.9 Å². The summed E-state index contributed by atoms with van der Waals surface area (Å²) in [6, 6.07) is 6.20. The zero-order valence-electron chi connectivity index (χ0n) is 8.84. The molecule has 1 nitrogen and oxygen atoms in total. The van der Waals surface area contributed by atoms with E-state index in [9.17, 15) is 0 Å². The van der Waals surface area contributed by atoms with Crippen molar-refractivity contribution in [3.8, 4) is 0 Å². The second-order valence-corrected chi connectivity index (χ2v) is 4.73. The zero-order chi connectivity index (χ0) is 10.6. The summed E-state index contributed by atoms with van der Waals surface area (Å²) in [4.78, 5) is 1.18. The SMILES string of the molecule is C=C(C)CCSc1ccc(C)cc1N. The first-order valence-corrected chi connectivity index (χ1v) is 5.71. The van der Waals surface area contributed by atoms with E-state index in [2.05, 4.69) is 32.6 Å². The molecule has 0 heterocycles. The third kappa shape index (κ3) is 3.46. The van der Waals surface area contributed by atoms with E-state index in [0.29, 0.717) is 0 Å². The Morgan fingerprint density at radius 1 is 1.50 bits per heavy atom. The van der Waals surface area contributed by atoms with Crippen molar-refractivity contribution >= 4 is 17.4 Å². The summed E-state index contributed by atoms with van der Waals surface area (Å²) in [6.07, 6.45) is 1.05. The van der Waals surface area contributed by atoms with E-state index in [1.807, 2.05) is 6.07 Å². The van der Waals surface area contributed by atoms with Gasteiger partial charge in [-0.3, -0.25) is 0 Å². The van der Waals surface area contributed by atoms with Gasteiger partial charge in [-0.05, 0) is 38.0 Å². The number of allylic oxidation sites excluding steroid dienone is 1. The Morgan fingerprint density at radius 3 is 2.79 bits per heavy atom. The number of hydrogen-bond donors (Lipinski definition) is 1. The molecule has 1 aromatic carbocycles. The van der Waals surface area contributed by atoms with E-state index in [1.165, 1.54) is 16.0 Å². The van der Waals surface area contributed by atoms with Crippen molar-refractivity contribution in [2.24, 2.45) is 0 Å². The van der Waals surface area contributed by atoms with Crippen molar-refractivity contribution in [3.63, 3.8) is 0 Å². The van der Waals surface area contributed by atoms with E-state index >= 15 is 0 Å². The number of aryl methyl sites for hydroxylation is 1. The third-order valence-corrected chi connectivity index (χ3v) is 3.04. The van der Waals surface area contributed by atoms with Crippen LogP contribution in [-0.2, 0) is 0 Å². The van der Waals surface area contributed by atoms with E-state index in [1.54, 1.807) is 11.8 Å². The standard InChI is InChI=1S/C12H17NS/c1-9(2)6-7-14-12-5-4-10(3)8-11(12)13/h4-5,8H,1,6-7,13H2,2-3H3. The van der Waals surface area contributed by atoms with Crippen LogP contribution >= 0.6 is 11.8 Å². The predicted molar refractivity (Wildman–Crippen MR) is 65.7 cm³/mol. The molecule has 2 N–H and O–H groups in total. The van der Waals surface area contributed by atoms with Gasteiger partial charge >= 0.3 is 0 Å². The van der Waals surface area contributed by atoms with Gasteiger partial charge in [-0.2, -0.15) is 0 Å². The highest BCUT2D eigenvalue weighted by Crippen LogP contribution is 2.26. The summed E-state index contributed by atoms with van der Waals surface area (Å²) in [5.41, 5.74) is 9.22. The molecule has 2 heteroatoms. The van der Waals surface area contributed by atoms with E-state index in [0.717, 1.165) is 17.9 Å². The van der Waals surface area contributed by atoms with Gasteiger partial charge in [-0.15, -0.1) is 18.3 Å². The number of nitrogens with two attached hydrogens (primary N) is 1. The summed E-state index contributed by atoms with van der Waals surface area (Å²) in [5, 5.41) is 0. The Bertz CT molecular complexity index is 331. The molecule has 0 aliphatic carbocycles. The molecule has 0 bridgehead atoms. The maximum atomic E-state index is 5.90. The first-order chi connectivity index (χ1) is 6.59. The molecule has 0 atom stereocenters. The Morgan fingerprint density at radius 2 is 2.21 bits per heavy atom. The molecule has 0 aliphatic heterocycles. The van der Waals surface area contributed by atoms with Crippen LogP contribution in [-0.4, -0.2) is 5.75 Å². The van der Waals surface area contributed by atoms with Gasteiger partial charge < -0.3 is 5.73 Å². The smallest absolute Gasteiger partial charge is 0.0454 e. The summed E-state index contributed by atoms with van der Waals surface area (Å²) in [5.74, 6) is 1.06. The molecule has 0 unspecified atom stereocenters. The third-order valence-electron chi connectivity index (χ3n) is 1.95. The molecule has 0 saturated heterocycles. The largest absolute Gasteiger partial charge is 0.398 e. The van der Waals surface area contributed by atoms with Crippen LogP contribution in [0.3, 0.4) is 0 Å². The lowest BCUT2D eigenvalue weighted by Gasteiger charge is -2.05. The van der Waals surface area contributed by atoms with E-state index < -0.39 is 0 Å². The van der Waals surface area contributed by atoms with Crippen molar-refractivity contribution in [1.82, 2.24) is 0 Å². The predicted octanol–water partition coefficient (Wildman–Crippen LogP) is 3.64. The molecule has 14 heavy (non-hydrogen) atoms. The lowest BCUT2D eigenvalue weighted by atomic mass is 10.2. The molecule has 1 aromatic rings. The first-order valence-electron chi connectivity index (χ1n) is 4.73. The fourth-order valence-corrected chi connectivity index (χ4v) is 2.19. The second kappa shape index (κ2) is 5.11. The van der Waals surface area contributed by atoms with Crippen LogP contribution < -0.4 is 5.73 Å². The van der Waals surface area contributed by atoms with Gasteiger partial charge in [0, 0.05) is 16.3 Å². The summed E-state index contributed by atoms with van der Waals surface area (Å²) in [6.45, 7) is 7.99. The van der Waals surface area contributed by atoms with Crippen LogP contribution in [0.15, 0.2) is 35.2 Å². The van der Waals surface area contributed by atoms with Crippen LogP contribution in [0.25, 0.3) is 0 Å². The lowest BCUT2D eigenvalue weighted by molar-refractivity contribution is 1.12. The number of benzene rings is 1. The van der Waals surface area contributed by atoms with Crippen LogP contribution in [0, 0.1) is 6.92 Å². The Kier molecular flexibility index (Phi) is 4.08. The van der Waals surface area contributed by atoms with E-state index in [-0.39, 0.29) is 0 Å². The molecule has 0 spiro atoms. The molecule has 0 aliphatic rings. The molecule has 0 radical (unpaired) electrons. The van der Waals surface area contributed by atoms with Gasteiger partial charge in [0.1, 0.15) is 0 Å². The number of rotatable bonds is 4. The molecule has 1 rings (SSSR count). The second-order valence-electron chi connectivity index (χ2n) is 3.60. The minimum Gasteiger partial charge on any atom is -0.398 e. The van der Waals surface area contributed by atoms with Crippen LogP contribution in [0.2, 0.25) is 0 Å². The molecule has 0 amide bonds. The highest BCUT2D eigenvalue weighted by atomic mass is 32.2. The summed E-state index contributed by atoms with van der Waals surface area (Å²) < 4.78 is 0. The maximum Gasteiger partial charge on any atom is 0.0454 e. The van der Waals surface area contributed by atoms with Crippen molar-refractivity contribution in [2.45, 2.75) is 25.2 Å². The zero-order valence-corrected chi connectivity index (χ0v) is 9.66. The molecule has 0 fully saturated rings. The summed E-state index contributed by atoms with van der Waals surface area (Å²) in [7, 11) is 0. The normalized spacial score (nSPS) is 10.1. The average molecular weight is 207 g/mol. The van der Waals surface area contributed by atoms with Gasteiger partial charge in [0.25, 0.3) is 0 Å². The first kappa shape index (κ1) is 11.2. The number of anilines is 1. The fourth-order valence-electron chi connectivity index (χ4n) is 1.13. The van der Waals surface area contributed by atoms with Crippen molar-refractivity contribution < 1.29 is 0 Å². The van der Waals surface area contributed by atoms with Crippen LogP contribution in [0.1, 0.15) is 18.9 Å².